The number of hydrogen-bond donors (Lipinski definition) is 1. The summed E-state index contributed by atoms with van der Waals surface area (Å²) in [6, 6.07) is 18.2. The number of carbonyl (C=O) groups is 2. The number of rotatable bonds is 10. The summed E-state index contributed by atoms with van der Waals surface area (Å²) < 4.78 is 43.6. The molecule has 1 N–H and O–H groups in total. The Bertz CT molecular complexity index is 1470. The van der Waals surface area contributed by atoms with E-state index in [4.69, 9.17) is 0 Å². The summed E-state index contributed by atoms with van der Waals surface area (Å²) in [5, 5.41) is 3.05. The standard InChI is InChI=1S/C32H38FN3O4S/c1-23-18-19-28(20-24(23)2)36(41(39,40)29-15-8-5-9-16-29)22-31(37)35(21-26-12-10-11-17-30(26)33)25(3)32(38)34-27-13-6-4-7-14-27/h5,8-12,15-20,25,27H,4,6-7,13-14,21-22H2,1-3H3,(H,34,38). The maximum atomic E-state index is 14.7. The zero-order valence-electron chi connectivity index (χ0n) is 23.8. The maximum Gasteiger partial charge on any atom is 0.264 e. The number of halogens is 1. The van der Waals surface area contributed by atoms with Crippen LogP contribution in [-0.2, 0) is 26.2 Å². The van der Waals surface area contributed by atoms with Crippen LogP contribution in [0.2, 0.25) is 0 Å². The molecule has 2 amide bonds. The predicted octanol–water partition coefficient (Wildman–Crippen LogP) is 5.50. The van der Waals surface area contributed by atoms with Crippen molar-refractivity contribution < 1.29 is 22.4 Å². The van der Waals surface area contributed by atoms with E-state index in [0.29, 0.717) is 5.69 Å². The molecule has 0 radical (unpaired) electrons. The van der Waals surface area contributed by atoms with Crippen LogP contribution in [0.1, 0.15) is 55.7 Å². The first kappa shape index (κ1) is 30.2. The molecular weight excluding hydrogens is 541 g/mol. The van der Waals surface area contributed by atoms with E-state index in [9.17, 15) is 22.4 Å². The summed E-state index contributed by atoms with van der Waals surface area (Å²) in [6.07, 6.45) is 4.92. The van der Waals surface area contributed by atoms with E-state index in [-0.39, 0.29) is 29.0 Å². The van der Waals surface area contributed by atoms with Gasteiger partial charge in [0.2, 0.25) is 11.8 Å². The molecule has 0 aliphatic heterocycles. The monoisotopic (exact) mass is 579 g/mol. The average Bonchev–Trinajstić information content (AvgIpc) is 2.97. The Hall–Kier alpha value is -3.72. The van der Waals surface area contributed by atoms with Crippen LogP contribution in [0.3, 0.4) is 0 Å². The second-order valence-corrected chi connectivity index (χ2v) is 12.6. The Labute approximate surface area is 242 Å². The normalized spacial score (nSPS) is 14.7. The molecule has 1 fully saturated rings. The van der Waals surface area contributed by atoms with Gasteiger partial charge in [-0.1, -0.05) is 61.7 Å². The molecule has 3 aromatic carbocycles. The maximum absolute atomic E-state index is 14.7. The van der Waals surface area contributed by atoms with Crippen LogP contribution in [0.4, 0.5) is 10.1 Å². The first-order valence-electron chi connectivity index (χ1n) is 14.1. The molecular formula is C32H38FN3O4S. The minimum atomic E-state index is -4.15. The molecule has 1 aliphatic rings. The van der Waals surface area contributed by atoms with Crippen molar-refractivity contribution in [2.45, 2.75) is 76.4 Å². The van der Waals surface area contributed by atoms with Gasteiger partial charge in [0, 0.05) is 18.2 Å². The Morgan fingerprint density at radius 1 is 0.927 bits per heavy atom. The smallest absolute Gasteiger partial charge is 0.264 e. The third kappa shape index (κ3) is 7.33. The molecule has 0 heterocycles. The summed E-state index contributed by atoms with van der Waals surface area (Å²) in [4.78, 5) is 28.7. The highest BCUT2D eigenvalue weighted by Gasteiger charge is 2.33. The van der Waals surface area contributed by atoms with Crippen molar-refractivity contribution in [1.29, 1.82) is 0 Å². The second kappa shape index (κ2) is 13.3. The van der Waals surface area contributed by atoms with Crippen molar-refractivity contribution in [3.05, 3.63) is 95.3 Å². The lowest BCUT2D eigenvalue weighted by molar-refractivity contribution is -0.139. The third-order valence-electron chi connectivity index (χ3n) is 7.81. The van der Waals surface area contributed by atoms with Crippen molar-refractivity contribution in [3.8, 4) is 0 Å². The minimum Gasteiger partial charge on any atom is -0.352 e. The quantitative estimate of drug-likeness (QED) is 0.344. The average molecular weight is 580 g/mol. The largest absolute Gasteiger partial charge is 0.352 e. The van der Waals surface area contributed by atoms with E-state index >= 15 is 0 Å². The van der Waals surface area contributed by atoms with Crippen LogP contribution in [0.15, 0.2) is 77.7 Å². The molecule has 218 valence electrons. The summed E-state index contributed by atoms with van der Waals surface area (Å²) in [5.41, 5.74) is 2.41. The SMILES string of the molecule is Cc1ccc(N(CC(=O)N(Cc2ccccc2F)C(C)C(=O)NC2CCCCC2)S(=O)(=O)c2ccccc2)cc1C. The minimum absolute atomic E-state index is 0.0228. The van der Waals surface area contributed by atoms with Gasteiger partial charge in [0.05, 0.1) is 10.6 Å². The number of carbonyl (C=O) groups excluding carboxylic acids is 2. The number of benzene rings is 3. The van der Waals surface area contributed by atoms with E-state index in [1.807, 2.05) is 13.8 Å². The first-order chi connectivity index (χ1) is 19.6. The number of sulfonamides is 1. The van der Waals surface area contributed by atoms with Gasteiger partial charge in [0.15, 0.2) is 0 Å². The van der Waals surface area contributed by atoms with Crippen LogP contribution in [0, 0.1) is 19.7 Å². The van der Waals surface area contributed by atoms with Gasteiger partial charge < -0.3 is 10.2 Å². The lowest BCUT2D eigenvalue weighted by Crippen LogP contribution is -2.53. The molecule has 0 spiro atoms. The van der Waals surface area contributed by atoms with E-state index in [2.05, 4.69) is 5.32 Å². The summed E-state index contributed by atoms with van der Waals surface area (Å²) in [7, 11) is -4.15. The van der Waals surface area contributed by atoms with Gasteiger partial charge in [-0.15, -0.1) is 0 Å². The fourth-order valence-electron chi connectivity index (χ4n) is 5.09. The van der Waals surface area contributed by atoms with Gasteiger partial charge in [-0.2, -0.15) is 0 Å². The highest BCUT2D eigenvalue weighted by Crippen LogP contribution is 2.27. The van der Waals surface area contributed by atoms with Crippen LogP contribution >= 0.6 is 0 Å². The van der Waals surface area contributed by atoms with Crippen LogP contribution in [0.25, 0.3) is 0 Å². The van der Waals surface area contributed by atoms with Gasteiger partial charge in [-0.05, 0) is 75.1 Å². The van der Waals surface area contributed by atoms with E-state index < -0.39 is 34.3 Å². The van der Waals surface area contributed by atoms with E-state index in [1.165, 1.54) is 23.1 Å². The number of amides is 2. The summed E-state index contributed by atoms with van der Waals surface area (Å²) in [6.45, 7) is 4.65. The first-order valence-corrected chi connectivity index (χ1v) is 15.5. The second-order valence-electron chi connectivity index (χ2n) is 10.7. The Balaban J connectivity index is 1.69. The van der Waals surface area contributed by atoms with Crippen LogP contribution < -0.4 is 9.62 Å². The lowest BCUT2D eigenvalue weighted by Gasteiger charge is -2.33. The molecule has 1 unspecified atom stereocenters. The fraction of sp³-hybridized carbons (Fsp3) is 0.375. The molecule has 3 aromatic rings. The van der Waals surface area contributed by atoms with E-state index in [0.717, 1.165) is 47.5 Å². The molecule has 1 aliphatic carbocycles. The molecule has 7 nitrogen and oxygen atoms in total. The zero-order chi connectivity index (χ0) is 29.6. The summed E-state index contributed by atoms with van der Waals surface area (Å²) >= 11 is 0. The van der Waals surface area contributed by atoms with Crippen molar-refractivity contribution in [3.63, 3.8) is 0 Å². The van der Waals surface area contributed by atoms with Gasteiger partial charge in [0.1, 0.15) is 18.4 Å². The summed E-state index contributed by atoms with van der Waals surface area (Å²) in [5.74, 6) is -1.46. The van der Waals surface area contributed by atoms with Gasteiger partial charge in [-0.3, -0.25) is 13.9 Å². The number of hydrogen-bond acceptors (Lipinski definition) is 4. The molecule has 0 saturated heterocycles. The van der Waals surface area contributed by atoms with Crippen molar-refractivity contribution in [2.75, 3.05) is 10.8 Å². The van der Waals surface area contributed by atoms with Crippen LogP contribution in [0.5, 0.6) is 0 Å². The number of aryl methyl sites for hydroxylation is 2. The van der Waals surface area contributed by atoms with Crippen molar-refractivity contribution >= 4 is 27.5 Å². The highest BCUT2D eigenvalue weighted by atomic mass is 32.2. The van der Waals surface area contributed by atoms with E-state index in [1.54, 1.807) is 61.5 Å². The highest BCUT2D eigenvalue weighted by molar-refractivity contribution is 7.92. The number of anilines is 1. The van der Waals surface area contributed by atoms with Gasteiger partial charge >= 0.3 is 0 Å². The molecule has 1 saturated carbocycles. The number of nitrogens with one attached hydrogen (secondary N) is 1. The van der Waals surface area contributed by atoms with Gasteiger partial charge in [0.25, 0.3) is 10.0 Å². The number of nitrogens with zero attached hydrogens (tertiary/aromatic N) is 2. The molecule has 4 rings (SSSR count). The van der Waals surface area contributed by atoms with Crippen molar-refractivity contribution in [1.82, 2.24) is 10.2 Å². The van der Waals surface area contributed by atoms with Crippen LogP contribution in [-0.4, -0.2) is 43.8 Å². The molecule has 9 heteroatoms. The molecule has 0 bridgehead atoms. The van der Waals surface area contributed by atoms with Gasteiger partial charge in [-0.25, -0.2) is 12.8 Å². The Morgan fingerprint density at radius 3 is 2.24 bits per heavy atom. The third-order valence-corrected chi connectivity index (χ3v) is 9.59. The zero-order valence-corrected chi connectivity index (χ0v) is 24.7. The van der Waals surface area contributed by atoms with Crippen molar-refractivity contribution in [2.24, 2.45) is 0 Å². The Morgan fingerprint density at radius 2 is 1.59 bits per heavy atom. The predicted molar refractivity (Wildman–Crippen MR) is 158 cm³/mol. The lowest BCUT2D eigenvalue weighted by atomic mass is 9.95. The molecule has 41 heavy (non-hydrogen) atoms. The Kier molecular flexibility index (Phi) is 9.81. The topological polar surface area (TPSA) is 86.8 Å². The fourth-order valence-corrected chi connectivity index (χ4v) is 6.52. The molecule has 1 atom stereocenters. The molecule has 0 aromatic heterocycles.